The zero-order valence-corrected chi connectivity index (χ0v) is 17.4. The molecule has 23 heavy (non-hydrogen) atoms. The molecule has 0 saturated heterocycles. The molecule has 0 aliphatic carbocycles. The summed E-state index contributed by atoms with van der Waals surface area (Å²) in [5.41, 5.74) is 4.51. The van der Waals surface area contributed by atoms with Crippen LogP contribution >= 0.6 is 0 Å². The number of fused-ring (bicyclic) bond motifs is 3. The Morgan fingerprint density at radius 3 is 1.48 bits per heavy atom. The molecule has 0 fully saturated rings. The van der Waals surface area contributed by atoms with Crippen LogP contribution in [0.1, 0.15) is 11.1 Å². The molecule has 0 amide bonds. The molecule has 1 aromatic carbocycles. The first-order chi connectivity index (χ1) is 10.4. The number of rotatable bonds is 0. The molecule has 0 spiro atoms. The van der Waals surface area contributed by atoms with Crippen LogP contribution in [0.25, 0.3) is 22.8 Å². The predicted molar refractivity (Wildman–Crippen MR) is 77.8 cm³/mol. The largest absolute Gasteiger partial charge is 2.00 e. The van der Waals surface area contributed by atoms with Crippen LogP contribution in [0.4, 0.5) is 11.4 Å². The number of nitrogens with zero attached hydrogens (tertiary/aromatic N) is 4. The Balaban J connectivity index is 0.000000461. The Bertz CT molecular complexity index is 559. The fourth-order valence-corrected chi connectivity index (χ4v) is 1.86. The van der Waals surface area contributed by atoms with Crippen LogP contribution in [-0.4, -0.2) is 33.7 Å². The molecule has 11 heteroatoms. The van der Waals surface area contributed by atoms with Crippen molar-refractivity contribution in [1.82, 2.24) is 0 Å². The summed E-state index contributed by atoms with van der Waals surface area (Å²) in [6, 6.07) is 4.22. The van der Waals surface area contributed by atoms with Crippen molar-refractivity contribution in [3.8, 4) is 0 Å². The van der Waals surface area contributed by atoms with E-state index in [9.17, 15) is 0 Å². The predicted octanol–water partition coefficient (Wildman–Crippen LogP) is 3.05. The van der Waals surface area contributed by atoms with Gasteiger partial charge in [-0.3, -0.25) is 0 Å². The van der Waals surface area contributed by atoms with Crippen LogP contribution in [-0.2, 0) is 27.7 Å². The molecule has 0 aromatic heterocycles. The molecule has 0 radical (unpaired) electrons. The van der Waals surface area contributed by atoms with Crippen molar-refractivity contribution < 1.29 is 48.3 Å². The Hall–Kier alpha value is -2.36. The van der Waals surface area contributed by atoms with E-state index < -0.39 is 10.2 Å². The van der Waals surface area contributed by atoms with E-state index in [0.29, 0.717) is 0 Å². The molecule has 118 valence electrons. The average molecular weight is 509 g/mol. The molecular weight excluding hydrogens is 497 g/mol. The van der Waals surface area contributed by atoms with Crippen LogP contribution in [0.2, 0.25) is 0 Å². The number of benzene rings is 1. The van der Waals surface area contributed by atoms with E-state index in [1.807, 2.05) is 0 Å². The van der Waals surface area contributed by atoms with E-state index in [2.05, 4.69) is 47.1 Å². The van der Waals surface area contributed by atoms with Crippen molar-refractivity contribution in [3.05, 3.63) is 66.3 Å². The van der Waals surface area contributed by atoms with Gasteiger partial charge in [0.15, 0.2) is 0 Å². The van der Waals surface area contributed by atoms with Gasteiger partial charge in [-0.1, -0.05) is 24.3 Å². The van der Waals surface area contributed by atoms with Crippen molar-refractivity contribution in [1.29, 1.82) is 0 Å². The van der Waals surface area contributed by atoms with Gasteiger partial charge in [-0.05, 0) is 11.1 Å². The quantitative estimate of drug-likeness (QED) is 0.312. The zero-order valence-electron chi connectivity index (χ0n) is 11.9. The molecule has 0 atom stereocenters. The third kappa shape index (κ3) is 7.45. The molecule has 1 aromatic rings. The molecule has 10 nitrogen and oxygen atoms in total. The second kappa shape index (κ2) is 10.4. The molecule has 0 saturated carbocycles. The van der Waals surface area contributed by atoms with Gasteiger partial charge in [-0.15, -0.1) is 56.8 Å². The summed E-state index contributed by atoms with van der Waals surface area (Å²) in [5, 5.41) is 36.3. The minimum absolute atomic E-state index is 0. The third-order valence-electron chi connectivity index (χ3n) is 2.52. The summed E-state index contributed by atoms with van der Waals surface area (Å²) >= 11 is 0. The number of hydrogen-bond acceptors (Lipinski definition) is 4. The number of hydrogen-bond donors (Lipinski definition) is 2. The summed E-state index contributed by atoms with van der Waals surface area (Å²) in [6.07, 6.45) is 8.40. The Labute approximate surface area is 151 Å². The van der Waals surface area contributed by atoms with Gasteiger partial charge in [0.25, 0.3) is 10.2 Å². The van der Waals surface area contributed by atoms with Gasteiger partial charge in [-0.2, -0.15) is 0 Å². The van der Waals surface area contributed by atoms with Crippen LogP contribution < -0.4 is 0 Å². The van der Waals surface area contributed by atoms with Crippen molar-refractivity contribution in [3.63, 3.8) is 0 Å². The normalized spacial score (nSPS) is 12.2. The summed E-state index contributed by atoms with van der Waals surface area (Å²) in [7, 11) is 0. The first-order valence-corrected chi connectivity index (χ1v) is 5.93. The summed E-state index contributed by atoms with van der Waals surface area (Å²) in [5.74, 6) is 0. The molecule has 2 N–H and O–H groups in total. The Kier molecular flexibility index (Phi) is 9.31. The maximum absolute atomic E-state index is 8.36. The van der Waals surface area contributed by atoms with Gasteiger partial charge < -0.3 is 21.0 Å². The first-order valence-electron chi connectivity index (χ1n) is 5.93. The van der Waals surface area contributed by atoms with Gasteiger partial charge in [0, 0.05) is 0 Å². The first kappa shape index (κ1) is 20.6. The van der Waals surface area contributed by atoms with E-state index in [0.717, 1.165) is 24.5 Å². The molecule has 0 unspecified atom stereocenters. The fraction of sp³-hybridized carbons (Fsp3) is 0.167. The third-order valence-corrected chi connectivity index (χ3v) is 2.52. The molecule has 2 heterocycles. The second-order valence-electron chi connectivity index (χ2n) is 3.90. The smallest absolute Gasteiger partial charge is 0.682 e. The topological polar surface area (TPSA) is 155 Å². The van der Waals surface area contributed by atoms with Crippen LogP contribution in [0, 0.1) is 20.2 Å². The van der Waals surface area contributed by atoms with Crippen LogP contribution in [0.3, 0.4) is 0 Å². The van der Waals surface area contributed by atoms with Crippen molar-refractivity contribution in [2.45, 2.75) is 0 Å². The minimum Gasteiger partial charge on any atom is -0.682 e. The maximum Gasteiger partial charge on any atom is 2.00 e. The van der Waals surface area contributed by atoms with Gasteiger partial charge >= 0.3 is 27.7 Å². The van der Waals surface area contributed by atoms with Crippen LogP contribution in [0.15, 0.2) is 24.3 Å². The van der Waals surface area contributed by atoms with Crippen molar-refractivity contribution in [2.24, 2.45) is 0 Å². The molecule has 2 aliphatic rings. The van der Waals surface area contributed by atoms with E-state index in [1.54, 1.807) is 0 Å². The van der Waals surface area contributed by atoms with E-state index in [-0.39, 0.29) is 27.7 Å². The maximum atomic E-state index is 8.36. The van der Waals surface area contributed by atoms with Crippen molar-refractivity contribution in [2.75, 3.05) is 13.1 Å². The van der Waals surface area contributed by atoms with Crippen molar-refractivity contribution >= 4 is 23.5 Å². The Morgan fingerprint density at radius 1 is 0.870 bits per heavy atom. The Morgan fingerprint density at radius 2 is 1.17 bits per heavy atom. The van der Waals surface area contributed by atoms with E-state index in [1.165, 1.54) is 11.1 Å². The SMILES string of the molecule is C1=Cc2ccc3c(c2[N-]C1)[N-]CC=C3.O=[N+]([O-])O.O=[N+]([O-])O.[Hg+2]. The molecule has 2 aliphatic heterocycles. The zero-order chi connectivity index (χ0) is 16.5. The second-order valence-corrected chi connectivity index (χ2v) is 3.90. The molecular formula is C12H12HgN4O6. The van der Waals surface area contributed by atoms with Gasteiger partial charge in [0.05, 0.1) is 0 Å². The molecule has 0 bridgehead atoms. The van der Waals surface area contributed by atoms with Gasteiger partial charge in [0.1, 0.15) is 0 Å². The monoisotopic (exact) mass is 510 g/mol. The van der Waals surface area contributed by atoms with Gasteiger partial charge in [0.2, 0.25) is 0 Å². The summed E-state index contributed by atoms with van der Waals surface area (Å²) in [4.78, 5) is 16.7. The van der Waals surface area contributed by atoms with Crippen LogP contribution in [0.5, 0.6) is 0 Å². The summed E-state index contributed by atoms with van der Waals surface area (Å²) in [6.45, 7) is 1.56. The molecule has 3 rings (SSSR count). The van der Waals surface area contributed by atoms with Gasteiger partial charge in [-0.25, -0.2) is 0 Å². The average Bonchev–Trinajstić information content (AvgIpc) is 2.46. The standard InChI is InChI=1S/C12H10N2.Hg.2HNO3/c1-3-9-5-6-10-4-2-8-14-12(10)11(9)13-7-1;;2*2-1(3)4/h1-6H,7-8H2;;2*(H,2,3,4)/q-2;+2;;. The fourth-order valence-electron chi connectivity index (χ4n) is 1.86. The minimum atomic E-state index is -1.50. The van der Waals surface area contributed by atoms with E-state index >= 15 is 0 Å². The summed E-state index contributed by atoms with van der Waals surface area (Å²) < 4.78 is 0. The van der Waals surface area contributed by atoms with E-state index in [4.69, 9.17) is 30.6 Å².